The molecule has 2 rings (SSSR count). The number of nitrogens with one attached hydrogen (secondary N) is 1. The van der Waals surface area contributed by atoms with Gasteiger partial charge in [0.2, 0.25) is 0 Å². The van der Waals surface area contributed by atoms with Crippen LogP contribution in [0.2, 0.25) is 0 Å². The monoisotopic (exact) mass is 343 g/mol. The minimum atomic E-state index is -1.16. The van der Waals surface area contributed by atoms with Crippen molar-refractivity contribution in [2.45, 2.75) is 19.9 Å². The third-order valence-corrected chi connectivity index (χ3v) is 4.13. The number of methoxy groups -OCH3 is 2. The Morgan fingerprint density at radius 2 is 1.72 bits per heavy atom. The average Bonchev–Trinajstić information content (AvgIpc) is 2.61. The van der Waals surface area contributed by atoms with Crippen molar-refractivity contribution < 1.29 is 24.2 Å². The number of hydrogen-bond acceptors (Lipinski definition) is 4. The summed E-state index contributed by atoms with van der Waals surface area (Å²) in [5, 5.41) is 12.2. The smallest absolute Gasteiger partial charge is 0.330 e. The molecule has 0 radical (unpaired) electrons. The molecule has 0 saturated heterocycles. The number of carboxylic acids is 1. The Hall–Kier alpha value is -3.02. The number of carbonyl (C=O) groups is 2. The van der Waals surface area contributed by atoms with E-state index in [1.54, 1.807) is 30.3 Å². The van der Waals surface area contributed by atoms with Crippen LogP contribution in [0.4, 0.5) is 0 Å². The van der Waals surface area contributed by atoms with Crippen LogP contribution in [-0.2, 0) is 4.79 Å². The molecule has 1 amide bonds. The Morgan fingerprint density at radius 1 is 1.04 bits per heavy atom. The van der Waals surface area contributed by atoms with E-state index in [9.17, 15) is 14.7 Å². The first-order valence-corrected chi connectivity index (χ1v) is 7.71. The quantitative estimate of drug-likeness (QED) is 0.842. The summed E-state index contributed by atoms with van der Waals surface area (Å²) < 4.78 is 10.4. The maximum absolute atomic E-state index is 12.7. The van der Waals surface area contributed by atoms with Gasteiger partial charge in [0, 0.05) is 0 Å². The third-order valence-electron chi connectivity index (χ3n) is 4.13. The zero-order chi connectivity index (χ0) is 18.6. The number of benzene rings is 2. The van der Waals surface area contributed by atoms with Gasteiger partial charge in [-0.2, -0.15) is 0 Å². The van der Waals surface area contributed by atoms with E-state index >= 15 is 0 Å². The molecule has 2 aromatic rings. The van der Waals surface area contributed by atoms with Gasteiger partial charge >= 0.3 is 5.97 Å². The minimum Gasteiger partial charge on any atom is -0.493 e. The molecule has 0 bridgehead atoms. The highest BCUT2D eigenvalue weighted by molar-refractivity contribution is 6.00. The molecule has 0 heterocycles. The Morgan fingerprint density at radius 3 is 2.32 bits per heavy atom. The van der Waals surface area contributed by atoms with Crippen LogP contribution in [0.3, 0.4) is 0 Å². The van der Waals surface area contributed by atoms with E-state index in [1.165, 1.54) is 14.2 Å². The van der Waals surface area contributed by atoms with Gasteiger partial charge in [-0.25, -0.2) is 4.79 Å². The van der Waals surface area contributed by atoms with Gasteiger partial charge in [0.25, 0.3) is 5.91 Å². The number of rotatable bonds is 6. The summed E-state index contributed by atoms with van der Waals surface area (Å²) in [5.41, 5.74) is 2.53. The maximum Gasteiger partial charge on any atom is 0.330 e. The van der Waals surface area contributed by atoms with Crippen LogP contribution in [0.1, 0.15) is 33.1 Å². The van der Waals surface area contributed by atoms with Crippen LogP contribution in [0, 0.1) is 13.8 Å². The van der Waals surface area contributed by atoms with Crippen molar-refractivity contribution in [2.24, 2.45) is 0 Å². The number of carbonyl (C=O) groups excluding carboxylic acids is 1. The van der Waals surface area contributed by atoms with Crippen LogP contribution >= 0.6 is 0 Å². The molecule has 0 aliphatic rings. The summed E-state index contributed by atoms with van der Waals surface area (Å²) in [7, 11) is 2.89. The Bertz CT molecular complexity index is 800. The van der Waals surface area contributed by atoms with E-state index in [4.69, 9.17) is 9.47 Å². The highest BCUT2D eigenvalue weighted by atomic mass is 16.5. The molecule has 0 aliphatic carbocycles. The lowest BCUT2D eigenvalue weighted by molar-refractivity contribution is -0.139. The summed E-state index contributed by atoms with van der Waals surface area (Å²) in [5.74, 6) is -1.03. The van der Waals surface area contributed by atoms with Crippen molar-refractivity contribution in [2.75, 3.05) is 14.2 Å². The molecule has 2 aromatic carbocycles. The van der Waals surface area contributed by atoms with Gasteiger partial charge in [-0.05, 0) is 42.7 Å². The molecule has 0 spiro atoms. The van der Waals surface area contributed by atoms with Crippen molar-refractivity contribution >= 4 is 11.9 Å². The van der Waals surface area contributed by atoms with Crippen LogP contribution < -0.4 is 14.8 Å². The Labute approximate surface area is 146 Å². The topological polar surface area (TPSA) is 84.9 Å². The lowest BCUT2D eigenvalue weighted by Gasteiger charge is -2.19. The largest absolute Gasteiger partial charge is 0.493 e. The predicted molar refractivity (Wildman–Crippen MR) is 93.3 cm³/mol. The van der Waals surface area contributed by atoms with E-state index in [1.807, 2.05) is 19.9 Å². The molecule has 0 saturated carbocycles. The van der Waals surface area contributed by atoms with Gasteiger partial charge in [-0.1, -0.05) is 24.3 Å². The normalized spacial score (nSPS) is 11.5. The fraction of sp³-hybridized carbons (Fsp3) is 0.263. The lowest BCUT2D eigenvalue weighted by Crippen LogP contribution is -2.34. The zero-order valence-corrected chi connectivity index (χ0v) is 14.6. The Kier molecular flexibility index (Phi) is 5.64. The summed E-state index contributed by atoms with van der Waals surface area (Å²) in [6.45, 7) is 3.73. The highest BCUT2D eigenvalue weighted by Gasteiger charge is 2.26. The predicted octanol–water partition coefficient (Wildman–Crippen LogP) is 2.88. The molecular formula is C19H21NO5. The molecule has 6 heteroatoms. The number of aryl methyl sites for hydroxylation is 1. The van der Waals surface area contributed by atoms with Gasteiger partial charge in [-0.15, -0.1) is 0 Å². The Balaban J connectivity index is 2.40. The van der Waals surface area contributed by atoms with E-state index in [0.29, 0.717) is 11.3 Å². The van der Waals surface area contributed by atoms with Gasteiger partial charge in [-0.3, -0.25) is 4.79 Å². The molecule has 0 aromatic heterocycles. The molecule has 0 aliphatic heterocycles. The summed E-state index contributed by atoms with van der Waals surface area (Å²) >= 11 is 0. The second kappa shape index (κ2) is 7.70. The van der Waals surface area contributed by atoms with Crippen LogP contribution in [-0.4, -0.2) is 31.2 Å². The second-order valence-electron chi connectivity index (χ2n) is 5.57. The SMILES string of the molecule is COc1cccc(C(=O)NC(C(=O)O)c2cccc(C)c2C)c1OC. The van der Waals surface area contributed by atoms with Gasteiger partial charge in [0.05, 0.1) is 19.8 Å². The molecule has 0 fully saturated rings. The number of ether oxygens (including phenoxy) is 2. The van der Waals surface area contributed by atoms with Crippen molar-refractivity contribution in [3.63, 3.8) is 0 Å². The molecule has 1 atom stereocenters. The summed E-state index contributed by atoms with van der Waals surface area (Å²) in [4.78, 5) is 24.4. The number of amides is 1. The number of para-hydroxylation sites is 1. The zero-order valence-electron chi connectivity index (χ0n) is 14.6. The summed E-state index contributed by atoms with van der Waals surface area (Å²) in [6.07, 6.45) is 0. The maximum atomic E-state index is 12.7. The fourth-order valence-corrected chi connectivity index (χ4v) is 2.63. The van der Waals surface area contributed by atoms with E-state index in [2.05, 4.69) is 5.32 Å². The van der Waals surface area contributed by atoms with Crippen LogP contribution in [0.5, 0.6) is 11.5 Å². The average molecular weight is 343 g/mol. The molecule has 25 heavy (non-hydrogen) atoms. The van der Waals surface area contributed by atoms with Gasteiger partial charge in [0.15, 0.2) is 17.5 Å². The second-order valence-corrected chi connectivity index (χ2v) is 5.57. The molecular weight excluding hydrogens is 322 g/mol. The number of aliphatic carboxylic acids is 1. The van der Waals surface area contributed by atoms with Crippen LogP contribution in [0.15, 0.2) is 36.4 Å². The van der Waals surface area contributed by atoms with E-state index in [-0.39, 0.29) is 11.3 Å². The molecule has 2 N–H and O–H groups in total. The van der Waals surface area contributed by atoms with Crippen molar-refractivity contribution in [1.82, 2.24) is 5.32 Å². The van der Waals surface area contributed by atoms with Crippen molar-refractivity contribution in [3.8, 4) is 11.5 Å². The number of hydrogen-bond donors (Lipinski definition) is 2. The first-order chi connectivity index (χ1) is 11.9. The van der Waals surface area contributed by atoms with Crippen molar-refractivity contribution in [1.29, 1.82) is 0 Å². The molecule has 6 nitrogen and oxygen atoms in total. The highest BCUT2D eigenvalue weighted by Crippen LogP contribution is 2.31. The first-order valence-electron chi connectivity index (χ1n) is 7.71. The van der Waals surface area contributed by atoms with Gasteiger partial charge < -0.3 is 19.9 Å². The lowest BCUT2D eigenvalue weighted by atomic mass is 9.97. The first kappa shape index (κ1) is 18.3. The molecule has 132 valence electrons. The van der Waals surface area contributed by atoms with Crippen molar-refractivity contribution in [3.05, 3.63) is 58.7 Å². The summed E-state index contributed by atoms with van der Waals surface area (Å²) in [6, 6.07) is 9.06. The van der Waals surface area contributed by atoms with Crippen LogP contribution in [0.25, 0.3) is 0 Å². The van der Waals surface area contributed by atoms with E-state index < -0.39 is 17.9 Å². The standard InChI is InChI=1S/C19H21NO5/c1-11-7-5-8-13(12(11)2)16(19(22)23)20-18(21)14-9-6-10-15(24-3)17(14)25-4/h5-10,16H,1-4H3,(H,20,21)(H,22,23). The van der Waals surface area contributed by atoms with Gasteiger partial charge in [0.1, 0.15) is 0 Å². The fourth-order valence-electron chi connectivity index (χ4n) is 2.63. The third kappa shape index (κ3) is 3.74. The molecule has 1 unspecified atom stereocenters. The van der Waals surface area contributed by atoms with E-state index in [0.717, 1.165) is 11.1 Å². The minimum absolute atomic E-state index is 0.207. The number of carboxylic acid groups (broad SMARTS) is 1.